The molecular formula is C16H26N2O3. The second kappa shape index (κ2) is 9.00. The quantitative estimate of drug-likeness (QED) is 0.690. The first-order chi connectivity index (χ1) is 10.2. The van der Waals surface area contributed by atoms with Gasteiger partial charge in [0.2, 0.25) is 0 Å². The highest BCUT2D eigenvalue weighted by Gasteiger charge is 2.14. The number of aliphatic hydroxyl groups is 1. The fraction of sp³-hybridized carbons (Fsp3) is 0.625. The summed E-state index contributed by atoms with van der Waals surface area (Å²) in [4.78, 5) is 2.24. The molecule has 2 N–H and O–H groups in total. The number of benzene rings is 1. The summed E-state index contributed by atoms with van der Waals surface area (Å²) < 4.78 is 10.9. The van der Waals surface area contributed by atoms with Crippen molar-refractivity contribution in [2.75, 3.05) is 52.5 Å². The van der Waals surface area contributed by atoms with Gasteiger partial charge < -0.3 is 19.9 Å². The highest BCUT2D eigenvalue weighted by atomic mass is 16.5. The molecule has 1 fully saturated rings. The topological polar surface area (TPSA) is 54.0 Å². The second-order valence-corrected chi connectivity index (χ2v) is 5.44. The Morgan fingerprint density at radius 2 is 2.19 bits per heavy atom. The van der Waals surface area contributed by atoms with Crippen molar-refractivity contribution in [1.82, 2.24) is 10.2 Å². The van der Waals surface area contributed by atoms with Crippen molar-refractivity contribution in [2.24, 2.45) is 0 Å². The van der Waals surface area contributed by atoms with Crippen LogP contribution in [0.4, 0.5) is 0 Å². The van der Waals surface area contributed by atoms with Crippen molar-refractivity contribution < 1.29 is 14.6 Å². The Kier molecular flexibility index (Phi) is 6.95. The molecule has 1 heterocycles. The molecule has 1 aromatic rings. The number of nitrogens with one attached hydrogen (secondary N) is 1. The summed E-state index contributed by atoms with van der Waals surface area (Å²) in [5.74, 6) is 0.894. The molecule has 21 heavy (non-hydrogen) atoms. The molecule has 0 bridgehead atoms. The van der Waals surface area contributed by atoms with Gasteiger partial charge in [-0.3, -0.25) is 4.90 Å². The summed E-state index contributed by atoms with van der Waals surface area (Å²) in [6.07, 6.45) is -0.345. The monoisotopic (exact) mass is 294 g/mol. The van der Waals surface area contributed by atoms with Gasteiger partial charge in [-0.1, -0.05) is 12.1 Å². The van der Waals surface area contributed by atoms with Crippen LogP contribution in [0.5, 0.6) is 5.75 Å². The normalized spacial score (nSPS) is 17.6. The highest BCUT2D eigenvalue weighted by Crippen LogP contribution is 2.11. The maximum atomic E-state index is 9.97. The molecular weight excluding hydrogens is 268 g/mol. The van der Waals surface area contributed by atoms with Crippen LogP contribution in [0, 0.1) is 6.92 Å². The summed E-state index contributed by atoms with van der Waals surface area (Å²) in [6.45, 7) is 8.04. The fourth-order valence-corrected chi connectivity index (χ4v) is 2.36. The van der Waals surface area contributed by atoms with Crippen LogP contribution in [0.25, 0.3) is 0 Å². The Balaban J connectivity index is 1.52. The molecule has 5 heteroatoms. The van der Waals surface area contributed by atoms with Crippen LogP contribution >= 0.6 is 0 Å². The minimum atomic E-state index is -0.345. The maximum absolute atomic E-state index is 9.97. The molecule has 0 radical (unpaired) electrons. The zero-order valence-corrected chi connectivity index (χ0v) is 12.8. The summed E-state index contributed by atoms with van der Waals surface area (Å²) in [7, 11) is 0. The molecule has 0 aromatic heterocycles. The van der Waals surface area contributed by atoms with Gasteiger partial charge >= 0.3 is 0 Å². The first-order valence-corrected chi connectivity index (χ1v) is 7.62. The number of hydrogen-bond acceptors (Lipinski definition) is 5. The summed E-state index contributed by atoms with van der Waals surface area (Å²) in [6, 6.07) is 8.02. The third kappa shape index (κ3) is 6.44. The summed E-state index contributed by atoms with van der Waals surface area (Å²) >= 11 is 0. The molecule has 1 aromatic carbocycles. The number of hydrogen-bond donors (Lipinski definition) is 2. The lowest BCUT2D eigenvalue weighted by atomic mass is 10.2. The average Bonchev–Trinajstić information content (AvgIpc) is 2.48. The number of rotatable bonds is 8. The van der Waals surface area contributed by atoms with E-state index in [9.17, 15) is 5.11 Å². The SMILES string of the molecule is Cc1cccc(OCCNCC(O)CN2CCOCC2)c1. The molecule has 118 valence electrons. The largest absolute Gasteiger partial charge is 0.492 e. The van der Waals surface area contributed by atoms with Gasteiger partial charge in [0.25, 0.3) is 0 Å². The van der Waals surface area contributed by atoms with E-state index in [-0.39, 0.29) is 6.10 Å². The van der Waals surface area contributed by atoms with Crippen LogP contribution in [0.2, 0.25) is 0 Å². The van der Waals surface area contributed by atoms with E-state index < -0.39 is 0 Å². The van der Waals surface area contributed by atoms with Crippen molar-refractivity contribution in [3.05, 3.63) is 29.8 Å². The van der Waals surface area contributed by atoms with E-state index in [1.54, 1.807) is 0 Å². The Bertz CT molecular complexity index is 408. The molecule has 1 unspecified atom stereocenters. The van der Waals surface area contributed by atoms with Gasteiger partial charge in [0, 0.05) is 32.7 Å². The fourth-order valence-electron chi connectivity index (χ4n) is 2.36. The van der Waals surface area contributed by atoms with Gasteiger partial charge in [-0.05, 0) is 24.6 Å². The number of morpholine rings is 1. The van der Waals surface area contributed by atoms with E-state index in [1.807, 2.05) is 31.2 Å². The van der Waals surface area contributed by atoms with Crippen LogP contribution in [0.15, 0.2) is 24.3 Å². The van der Waals surface area contributed by atoms with Crippen molar-refractivity contribution in [1.29, 1.82) is 0 Å². The number of ether oxygens (including phenoxy) is 2. The Hall–Kier alpha value is -1.14. The summed E-state index contributed by atoms with van der Waals surface area (Å²) in [5.41, 5.74) is 1.20. The maximum Gasteiger partial charge on any atom is 0.119 e. The van der Waals surface area contributed by atoms with Gasteiger partial charge in [-0.25, -0.2) is 0 Å². The summed E-state index contributed by atoms with van der Waals surface area (Å²) in [5, 5.41) is 13.2. The van der Waals surface area contributed by atoms with E-state index in [1.165, 1.54) is 5.56 Å². The van der Waals surface area contributed by atoms with Crippen molar-refractivity contribution in [2.45, 2.75) is 13.0 Å². The molecule has 0 spiro atoms. The second-order valence-electron chi connectivity index (χ2n) is 5.44. The predicted octanol–water partition coefficient (Wildman–Crippen LogP) is 0.657. The van der Waals surface area contributed by atoms with Crippen molar-refractivity contribution in [3.8, 4) is 5.75 Å². The van der Waals surface area contributed by atoms with E-state index in [0.29, 0.717) is 19.7 Å². The third-order valence-corrected chi connectivity index (χ3v) is 3.49. The van der Waals surface area contributed by atoms with Gasteiger partial charge in [-0.2, -0.15) is 0 Å². The Morgan fingerprint density at radius 1 is 1.38 bits per heavy atom. The van der Waals surface area contributed by atoms with Gasteiger partial charge in [0.1, 0.15) is 12.4 Å². The number of aryl methyl sites for hydroxylation is 1. The first kappa shape index (κ1) is 16.2. The number of aliphatic hydroxyl groups excluding tert-OH is 1. The van der Waals surface area contributed by atoms with Gasteiger partial charge in [-0.15, -0.1) is 0 Å². The zero-order chi connectivity index (χ0) is 14.9. The standard InChI is InChI=1S/C16H26N2O3/c1-14-3-2-4-16(11-14)21-8-5-17-12-15(19)13-18-6-9-20-10-7-18/h2-4,11,15,17,19H,5-10,12-13H2,1H3. The minimum absolute atomic E-state index is 0.345. The Labute approximate surface area is 126 Å². The molecule has 2 rings (SSSR count). The lowest BCUT2D eigenvalue weighted by Gasteiger charge is -2.28. The molecule has 1 atom stereocenters. The van der Waals surface area contributed by atoms with E-state index in [2.05, 4.69) is 10.2 Å². The molecule has 0 amide bonds. The van der Waals surface area contributed by atoms with Crippen LogP contribution in [-0.4, -0.2) is 68.7 Å². The van der Waals surface area contributed by atoms with Crippen LogP contribution in [0.3, 0.4) is 0 Å². The lowest BCUT2D eigenvalue weighted by Crippen LogP contribution is -2.44. The molecule has 0 saturated carbocycles. The lowest BCUT2D eigenvalue weighted by molar-refractivity contribution is 0.0149. The van der Waals surface area contributed by atoms with E-state index >= 15 is 0 Å². The van der Waals surface area contributed by atoms with E-state index in [4.69, 9.17) is 9.47 Å². The molecule has 1 aliphatic heterocycles. The highest BCUT2D eigenvalue weighted by molar-refractivity contribution is 5.27. The average molecular weight is 294 g/mol. The smallest absolute Gasteiger partial charge is 0.119 e. The van der Waals surface area contributed by atoms with Gasteiger partial charge in [0.05, 0.1) is 19.3 Å². The molecule has 5 nitrogen and oxygen atoms in total. The van der Waals surface area contributed by atoms with Crippen LogP contribution in [-0.2, 0) is 4.74 Å². The predicted molar refractivity (Wildman–Crippen MR) is 82.8 cm³/mol. The molecule has 1 aliphatic rings. The van der Waals surface area contributed by atoms with Crippen molar-refractivity contribution >= 4 is 0 Å². The molecule has 0 aliphatic carbocycles. The van der Waals surface area contributed by atoms with Crippen LogP contribution < -0.4 is 10.1 Å². The van der Waals surface area contributed by atoms with E-state index in [0.717, 1.165) is 38.6 Å². The molecule has 1 saturated heterocycles. The Morgan fingerprint density at radius 3 is 2.95 bits per heavy atom. The third-order valence-electron chi connectivity index (χ3n) is 3.49. The minimum Gasteiger partial charge on any atom is -0.492 e. The number of β-amino-alcohol motifs (C(OH)–C–C–N with tert-alkyl or cyclic N) is 1. The van der Waals surface area contributed by atoms with Gasteiger partial charge in [0.15, 0.2) is 0 Å². The van der Waals surface area contributed by atoms with Crippen LogP contribution in [0.1, 0.15) is 5.56 Å². The first-order valence-electron chi connectivity index (χ1n) is 7.62. The zero-order valence-electron chi connectivity index (χ0n) is 12.8. The van der Waals surface area contributed by atoms with Crippen molar-refractivity contribution in [3.63, 3.8) is 0 Å². The number of nitrogens with zero attached hydrogens (tertiary/aromatic N) is 1.